The summed E-state index contributed by atoms with van der Waals surface area (Å²) in [5.74, 6) is 0.292. The van der Waals surface area contributed by atoms with Crippen LogP contribution in [0.1, 0.15) is 11.7 Å². The van der Waals surface area contributed by atoms with Crippen molar-refractivity contribution in [2.24, 2.45) is 0 Å². The molecular formula is C11H12FNO3. The van der Waals surface area contributed by atoms with E-state index in [-0.39, 0.29) is 24.5 Å². The molecule has 2 aliphatic rings. The molecule has 2 aliphatic heterocycles. The minimum Gasteiger partial charge on any atom is -0.453 e. The average molecular weight is 225 g/mol. The van der Waals surface area contributed by atoms with E-state index >= 15 is 0 Å². The molecule has 0 saturated carbocycles. The Kier molecular flexibility index (Phi) is 2.41. The first-order valence-electron chi connectivity index (χ1n) is 5.26. The molecule has 1 unspecified atom stereocenters. The van der Waals surface area contributed by atoms with Crippen LogP contribution in [0.4, 0.5) is 4.39 Å². The van der Waals surface area contributed by atoms with Crippen LogP contribution in [0.5, 0.6) is 11.5 Å². The predicted molar refractivity (Wildman–Crippen MR) is 54.1 cm³/mol. The molecule has 5 heteroatoms. The fourth-order valence-electron chi connectivity index (χ4n) is 1.97. The maximum atomic E-state index is 14.0. The van der Waals surface area contributed by atoms with Gasteiger partial charge < -0.3 is 19.5 Å². The van der Waals surface area contributed by atoms with Crippen molar-refractivity contribution in [3.8, 4) is 11.5 Å². The minimum atomic E-state index is -0.372. The van der Waals surface area contributed by atoms with Crippen LogP contribution in [0.3, 0.4) is 0 Å². The summed E-state index contributed by atoms with van der Waals surface area (Å²) in [4.78, 5) is 0. The zero-order chi connectivity index (χ0) is 11.0. The molecule has 1 atom stereocenters. The summed E-state index contributed by atoms with van der Waals surface area (Å²) >= 11 is 0. The Bertz CT molecular complexity index is 404. The van der Waals surface area contributed by atoms with E-state index in [0.29, 0.717) is 24.5 Å². The Hall–Kier alpha value is -1.33. The number of rotatable bonds is 1. The second kappa shape index (κ2) is 3.92. The van der Waals surface area contributed by atoms with Gasteiger partial charge in [0, 0.05) is 18.7 Å². The third-order valence-electron chi connectivity index (χ3n) is 2.78. The first-order chi connectivity index (χ1) is 7.86. The smallest absolute Gasteiger partial charge is 0.231 e. The van der Waals surface area contributed by atoms with Crippen LogP contribution in [-0.2, 0) is 4.74 Å². The van der Waals surface area contributed by atoms with Gasteiger partial charge in [0.2, 0.25) is 12.5 Å². The van der Waals surface area contributed by atoms with Crippen molar-refractivity contribution in [2.45, 2.75) is 6.10 Å². The maximum Gasteiger partial charge on any atom is 0.231 e. The van der Waals surface area contributed by atoms with E-state index in [1.165, 1.54) is 0 Å². The highest BCUT2D eigenvalue weighted by Crippen LogP contribution is 2.38. The zero-order valence-electron chi connectivity index (χ0n) is 8.66. The highest BCUT2D eigenvalue weighted by atomic mass is 19.1. The molecule has 0 radical (unpaired) electrons. The molecular weight excluding hydrogens is 213 g/mol. The second-order valence-corrected chi connectivity index (χ2v) is 3.77. The molecule has 4 nitrogen and oxygen atoms in total. The summed E-state index contributed by atoms with van der Waals surface area (Å²) in [6.45, 7) is 2.11. The quantitative estimate of drug-likeness (QED) is 0.780. The van der Waals surface area contributed by atoms with Gasteiger partial charge in [-0.3, -0.25) is 0 Å². The summed E-state index contributed by atoms with van der Waals surface area (Å²) in [5, 5.41) is 3.16. The van der Waals surface area contributed by atoms with Crippen LogP contribution in [0.2, 0.25) is 0 Å². The normalized spacial score (nSPS) is 23.4. The number of ether oxygens (including phenoxy) is 3. The van der Waals surface area contributed by atoms with E-state index in [4.69, 9.17) is 14.2 Å². The first-order valence-corrected chi connectivity index (χ1v) is 5.26. The minimum absolute atomic E-state index is 0.0828. The van der Waals surface area contributed by atoms with Gasteiger partial charge in [-0.15, -0.1) is 0 Å². The Morgan fingerprint density at radius 3 is 3.06 bits per heavy atom. The lowest BCUT2D eigenvalue weighted by molar-refractivity contribution is 0.0253. The van der Waals surface area contributed by atoms with Gasteiger partial charge in [0.15, 0.2) is 11.6 Å². The van der Waals surface area contributed by atoms with Crippen LogP contribution in [0.25, 0.3) is 0 Å². The summed E-state index contributed by atoms with van der Waals surface area (Å²) in [6.07, 6.45) is -0.247. The van der Waals surface area contributed by atoms with Crippen molar-refractivity contribution in [1.82, 2.24) is 5.32 Å². The van der Waals surface area contributed by atoms with E-state index in [1.807, 2.05) is 0 Å². The standard InChI is InChI=1S/C11H12FNO3/c12-10-7(9-5-13-3-4-14-9)1-2-8-11(10)16-6-15-8/h1-2,9,13H,3-6H2. The molecule has 0 amide bonds. The van der Waals surface area contributed by atoms with Gasteiger partial charge in [-0.25, -0.2) is 4.39 Å². The molecule has 16 heavy (non-hydrogen) atoms. The monoisotopic (exact) mass is 225 g/mol. The van der Waals surface area contributed by atoms with Crippen molar-refractivity contribution < 1.29 is 18.6 Å². The third kappa shape index (κ3) is 1.52. The summed E-state index contributed by atoms with van der Waals surface area (Å²) in [5.41, 5.74) is 0.524. The fraction of sp³-hybridized carbons (Fsp3) is 0.455. The molecule has 0 bridgehead atoms. The van der Waals surface area contributed by atoms with Crippen molar-refractivity contribution in [3.05, 3.63) is 23.5 Å². The number of nitrogens with one attached hydrogen (secondary N) is 1. The van der Waals surface area contributed by atoms with Gasteiger partial charge in [-0.1, -0.05) is 0 Å². The van der Waals surface area contributed by atoms with Crippen LogP contribution in [-0.4, -0.2) is 26.5 Å². The molecule has 1 aromatic rings. The fourth-order valence-corrected chi connectivity index (χ4v) is 1.97. The lowest BCUT2D eigenvalue weighted by Gasteiger charge is -2.24. The number of halogens is 1. The largest absolute Gasteiger partial charge is 0.453 e. The summed E-state index contributed by atoms with van der Waals surface area (Å²) in [7, 11) is 0. The van der Waals surface area contributed by atoms with Crippen molar-refractivity contribution >= 4 is 0 Å². The number of hydrogen-bond acceptors (Lipinski definition) is 4. The third-order valence-corrected chi connectivity index (χ3v) is 2.78. The van der Waals surface area contributed by atoms with E-state index in [1.54, 1.807) is 12.1 Å². The molecule has 1 saturated heterocycles. The summed E-state index contributed by atoms with van der Waals surface area (Å²) < 4.78 is 29.7. The molecule has 0 spiro atoms. The van der Waals surface area contributed by atoms with E-state index in [0.717, 1.165) is 6.54 Å². The Morgan fingerprint density at radius 1 is 1.31 bits per heavy atom. The SMILES string of the molecule is Fc1c(C2CNCCO2)ccc2c1OCO2. The molecule has 86 valence electrons. The molecule has 0 aliphatic carbocycles. The van der Waals surface area contributed by atoms with Crippen LogP contribution in [0.15, 0.2) is 12.1 Å². The first kappa shape index (κ1) is 9.86. The second-order valence-electron chi connectivity index (χ2n) is 3.77. The number of morpholine rings is 1. The van der Waals surface area contributed by atoms with Crippen LogP contribution in [0, 0.1) is 5.82 Å². The number of hydrogen-bond donors (Lipinski definition) is 1. The van der Waals surface area contributed by atoms with Crippen LogP contribution < -0.4 is 14.8 Å². The molecule has 1 N–H and O–H groups in total. The molecule has 3 rings (SSSR count). The molecule has 0 aromatic heterocycles. The lowest BCUT2D eigenvalue weighted by Crippen LogP contribution is -2.33. The van der Waals surface area contributed by atoms with Gasteiger partial charge in [0.1, 0.15) is 0 Å². The number of benzene rings is 1. The highest BCUT2D eigenvalue weighted by Gasteiger charge is 2.26. The Balaban J connectivity index is 1.95. The van der Waals surface area contributed by atoms with Gasteiger partial charge >= 0.3 is 0 Å². The van der Waals surface area contributed by atoms with Crippen molar-refractivity contribution in [1.29, 1.82) is 0 Å². The summed E-state index contributed by atoms with van der Waals surface area (Å²) in [6, 6.07) is 3.42. The highest BCUT2D eigenvalue weighted by molar-refractivity contribution is 5.46. The van der Waals surface area contributed by atoms with Crippen molar-refractivity contribution in [3.63, 3.8) is 0 Å². The van der Waals surface area contributed by atoms with Gasteiger partial charge in [0.25, 0.3) is 0 Å². The Morgan fingerprint density at radius 2 is 2.25 bits per heavy atom. The zero-order valence-corrected chi connectivity index (χ0v) is 8.66. The number of fused-ring (bicyclic) bond motifs is 1. The van der Waals surface area contributed by atoms with Gasteiger partial charge in [0.05, 0.1) is 12.7 Å². The van der Waals surface area contributed by atoms with E-state index in [2.05, 4.69) is 5.32 Å². The molecule has 1 aromatic carbocycles. The van der Waals surface area contributed by atoms with Crippen LogP contribution >= 0.6 is 0 Å². The van der Waals surface area contributed by atoms with E-state index < -0.39 is 0 Å². The van der Waals surface area contributed by atoms with Gasteiger partial charge in [-0.05, 0) is 12.1 Å². The Labute approximate surface area is 92.3 Å². The molecule has 1 fully saturated rings. The lowest BCUT2D eigenvalue weighted by atomic mass is 10.1. The van der Waals surface area contributed by atoms with Gasteiger partial charge in [-0.2, -0.15) is 0 Å². The molecule has 2 heterocycles. The maximum absolute atomic E-state index is 14.0. The van der Waals surface area contributed by atoms with E-state index in [9.17, 15) is 4.39 Å². The topological polar surface area (TPSA) is 39.7 Å². The van der Waals surface area contributed by atoms with Crippen molar-refractivity contribution in [2.75, 3.05) is 26.5 Å². The predicted octanol–water partition coefficient (Wildman–Crippen LogP) is 1.22. The average Bonchev–Trinajstić information content (AvgIpc) is 2.80.